The first-order valence-electron chi connectivity index (χ1n) is 7.82. The van der Waals surface area contributed by atoms with Crippen LogP contribution >= 0.6 is 0 Å². The monoisotopic (exact) mass is 353 g/mol. The van der Waals surface area contributed by atoms with Crippen molar-refractivity contribution >= 4 is 27.2 Å². The number of para-hydroxylation sites is 1. The topological polar surface area (TPSA) is 71.1 Å². The molecule has 6 heteroatoms. The van der Waals surface area contributed by atoms with Gasteiger partial charge in [0.15, 0.2) is 5.82 Å². The molecule has 0 aliphatic carbocycles. The molecular weight excluding hydrogens is 334 g/mol. The van der Waals surface area contributed by atoms with Crippen LogP contribution in [0.5, 0.6) is 0 Å². The van der Waals surface area contributed by atoms with Crippen molar-refractivity contribution in [3.05, 3.63) is 78.0 Å². The fraction of sp³-hybridized carbons (Fsp3) is 0.105. The van der Waals surface area contributed by atoms with Crippen LogP contribution in [0.1, 0.15) is 11.1 Å². The van der Waals surface area contributed by atoms with Crippen molar-refractivity contribution in [3.63, 3.8) is 0 Å². The van der Waals surface area contributed by atoms with Gasteiger partial charge in [-0.2, -0.15) is 0 Å². The second kappa shape index (κ2) is 6.94. The van der Waals surface area contributed by atoms with Gasteiger partial charge in [-0.15, -0.1) is 0 Å². The third kappa shape index (κ3) is 4.16. The van der Waals surface area contributed by atoms with Crippen LogP contribution in [-0.2, 0) is 10.0 Å². The summed E-state index contributed by atoms with van der Waals surface area (Å²) in [6.07, 6.45) is 1.56. The Morgan fingerprint density at radius 1 is 0.840 bits per heavy atom. The van der Waals surface area contributed by atoms with Gasteiger partial charge in [0.25, 0.3) is 10.0 Å². The standard InChI is InChI=1S/C19H19N3O2S/c1-14-11-15(2)13-17(12-14)21-19-18(9-6-10-20-19)25(23,24)22-16-7-4-3-5-8-16/h3-13,22H,1-2H3,(H,20,21). The van der Waals surface area contributed by atoms with Crippen LogP contribution in [0.25, 0.3) is 0 Å². The summed E-state index contributed by atoms with van der Waals surface area (Å²) in [5.41, 5.74) is 3.48. The number of aromatic nitrogens is 1. The maximum absolute atomic E-state index is 12.8. The molecule has 0 bridgehead atoms. The quantitative estimate of drug-likeness (QED) is 0.719. The number of nitrogens with zero attached hydrogens (tertiary/aromatic N) is 1. The summed E-state index contributed by atoms with van der Waals surface area (Å²) in [6, 6.07) is 17.9. The molecule has 0 fully saturated rings. The molecule has 0 saturated carbocycles. The maximum atomic E-state index is 12.8. The zero-order chi connectivity index (χ0) is 17.9. The molecule has 2 aromatic carbocycles. The van der Waals surface area contributed by atoms with E-state index in [0.29, 0.717) is 5.69 Å². The van der Waals surface area contributed by atoms with Gasteiger partial charge in [-0.1, -0.05) is 24.3 Å². The second-order valence-corrected chi connectivity index (χ2v) is 7.47. The van der Waals surface area contributed by atoms with Gasteiger partial charge in [0.1, 0.15) is 4.90 Å². The number of anilines is 3. The fourth-order valence-corrected chi connectivity index (χ4v) is 3.77. The number of aryl methyl sites for hydroxylation is 2. The predicted octanol–water partition coefficient (Wildman–Crippen LogP) is 4.24. The SMILES string of the molecule is Cc1cc(C)cc(Nc2ncccc2S(=O)(=O)Nc2ccccc2)c1. The lowest BCUT2D eigenvalue weighted by molar-refractivity contribution is 0.601. The highest BCUT2D eigenvalue weighted by molar-refractivity contribution is 7.92. The Labute approximate surface area is 147 Å². The lowest BCUT2D eigenvalue weighted by Crippen LogP contribution is -2.15. The summed E-state index contributed by atoms with van der Waals surface area (Å²) < 4.78 is 28.1. The molecule has 0 spiro atoms. The lowest BCUT2D eigenvalue weighted by Gasteiger charge is -2.13. The molecule has 25 heavy (non-hydrogen) atoms. The van der Waals surface area contributed by atoms with Crippen molar-refractivity contribution < 1.29 is 8.42 Å². The van der Waals surface area contributed by atoms with E-state index in [1.165, 1.54) is 6.07 Å². The minimum atomic E-state index is -3.76. The highest BCUT2D eigenvalue weighted by atomic mass is 32.2. The summed E-state index contributed by atoms with van der Waals surface area (Å²) in [5.74, 6) is 0.288. The summed E-state index contributed by atoms with van der Waals surface area (Å²) in [7, 11) is -3.76. The van der Waals surface area contributed by atoms with Crippen LogP contribution in [0.15, 0.2) is 71.8 Å². The molecule has 1 heterocycles. The van der Waals surface area contributed by atoms with Gasteiger partial charge in [0.05, 0.1) is 0 Å². The maximum Gasteiger partial charge on any atom is 0.265 e. The number of rotatable bonds is 5. The van der Waals surface area contributed by atoms with Crippen LogP contribution in [0.3, 0.4) is 0 Å². The molecule has 0 amide bonds. The van der Waals surface area contributed by atoms with Gasteiger partial charge in [0.2, 0.25) is 0 Å². The first kappa shape index (κ1) is 17.0. The number of benzene rings is 2. The molecule has 0 aliphatic rings. The van der Waals surface area contributed by atoms with Crippen LogP contribution in [0.2, 0.25) is 0 Å². The van der Waals surface area contributed by atoms with Gasteiger partial charge in [-0.25, -0.2) is 13.4 Å². The first-order valence-corrected chi connectivity index (χ1v) is 9.30. The number of hydrogen-bond donors (Lipinski definition) is 2. The highest BCUT2D eigenvalue weighted by Crippen LogP contribution is 2.25. The number of hydrogen-bond acceptors (Lipinski definition) is 4. The summed E-state index contributed by atoms with van der Waals surface area (Å²) in [4.78, 5) is 4.31. The van der Waals surface area contributed by atoms with Crippen molar-refractivity contribution in [2.75, 3.05) is 10.0 Å². The molecule has 5 nitrogen and oxygen atoms in total. The summed E-state index contributed by atoms with van der Waals surface area (Å²) in [6.45, 7) is 3.98. The zero-order valence-corrected chi connectivity index (χ0v) is 14.8. The average Bonchev–Trinajstić information content (AvgIpc) is 2.55. The third-order valence-corrected chi connectivity index (χ3v) is 4.98. The largest absolute Gasteiger partial charge is 0.339 e. The van der Waals surface area contributed by atoms with Crippen molar-refractivity contribution in [3.8, 4) is 0 Å². The van der Waals surface area contributed by atoms with E-state index in [1.54, 1.807) is 36.5 Å². The third-order valence-electron chi connectivity index (χ3n) is 3.57. The molecular formula is C19H19N3O2S. The molecule has 3 aromatic rings. The van der Waals surface area contributed by atoms with Crippen molar-refractivity contribution in [1.29, 1.82) is 0 Å². The average molecular weight is 353 g/mol. The minimum Gasteiger partial charge on any atom is -0.339 e. The van der Waals surface area contributed by atoms with Crippen LogP contribution in [0, 0.1) is 13.8 Å². The smallest absolute Gasteiger partial charge is 0.265 e. The van der Waals surface area contributed by atoms with E-state index in [9.17, 15) is 8.42 Å². The molecule has 3 rings (SSSR count). The lowest BCUT2D eigenvalue weighted by atomic mass is 10.1. The Bertz CT molecular complexity index is 966. The molecule has 0 unspecified atom stereocenters. The molecule has 1 aromatic heterocycles. The number of nitrogens with one attached hydrogen (secondary N) is 2. The Balaban J connectivity index is 1.95. The van der Waals surface area contributed by atoms with Gasteiger partial charge >= 0.3 is 0 Å². The predicted molar refractivity (Wildman–Crippen MR) is 101 cm³/mol. The summed E-state index contributed by atoms with van der Waals surface area (Å²) >= 11 is 0. The molecule has 0 radical (unpaired) electrons. The molecule has 128 valence electrons. The van der Waals surface area contributed by atoms with E-state index in [2.05, 4.69) is 21.1 Å². The van der Waals surface area contributed by atoms with E-state index >= 15 is 0 Å². The van der Waals surface area contributed by atoms with Gasteiger partial charge in [-0.3, -0.25) is 4.72 Å². The second-order valence-electron chi connectivity index (χ2n) is 5.82. The van der Waals surface area contributed by atoms with E-state index in [4.69, 9.17) is 0 Å². The Morgan fingerprint density at radius 3 is 2.20 bits per heavy atom. The highest BCUT2D eigenvalue weighted by Gasteiger charge is 2.19. The van der Waals surface area contributed by atoms with E-state index in [1.807, 2.05) is 32.0 Å². The summed E-state index contributed by atoms with van der Waals surface area (Å²) in [5, 5.41) is 3.12. The Kier molecular flexibility index (Phi) is 4.72. The van der Waals surface area contributed by atoms with Gasteiger partial charge in [0, 0.05) is 17.6 Å². The van der Waals surface area contributed by atoms with Crippen LogP contribution in [0.4, 0.5) is 17.2 Å². The first-order chi connectivity index (χ1) is 11.9. The molecule has 0 aliphatic heterocycles. The fourth-order valence-electron chi connectivity index (χ4n) is 2.60. The molecule has 0 saturated heterocycles. The van der Waals surface area contributed by atoms with E-state index in [0.717, 1.165) is 16.8 Å². The molecule has 0 atom stereocenters. The number of pyridine rings is 1. The minimum absolute atomic E-state index is 0.0954. The van der Waals surface area contributed by atoms with Crippen molar-refractivity contribution in [2.45, 2.75) is 18.7 Å². The van der Waals surface area contributed by atoms with Gasteiger partial charge in [-0.05, 0) is 61.4 Å². The van der Waals surface area contributed by atoms with Crippen molar-refractivity contribution in [1.82, 2.24) is 4.98 Å². The number of sulfonamides is 1. The molecule has 2 N–H and O–H groups in total. The van der Waals surface area contributed by atoms with Crippen molar-refractivity contribution in [2.24, 2.45) is 0 Å². The van der Waals surface area contributed by atoms with Crippen LogP contribution < -0.4 is 10.0 Å². The van der Waals surface area contributed by atoms with Crippen LogP contribution in [-0.4, -0.2) is 13.4 Å². The normalized spacial score (nSPS) is 11.1. The van der Waals surface area contributed by atoms with E-state index < -0.39 is 10.0 Å². The zero-order valence-electron chi connectivity index (χ0n) is 14.0. The van der Waals surface area contributed by atoms with E-state index in [-0.39, 0.29) is 10.7 Å². The Hall–Kier alpha value is -2.86. The van der Waals surface area contributed by atoms with Gasteiger partial charge < -0.3 is 5.32 Å². The Morgan fingerprint density at radius 2 is 1.52 bits per heavy atom.